The van der Waals surface area contributed by atoms with Crippen molar-refractivity contribution in [2.75, 3.05) is 0 Å². The van der Waals surface area contributed by atoms with E-state index in [0.717, 1.165) is 28.3 Å². The van der Waals surface area contributed by atoms with Gasteiger partial charge in [-0.05, 0) is 31.2 Å². The minimum absolute atomic E-state index is 0.555. The third-order valence-corrected chi connectivity index (χ3v) is 3.29. The Hall–Kier alpha value is -3.37. The highest BCUT2D eigenvalue weighted by molar-refractivity contribution is 5.77. The Balaban J connectivity index is 2.13. The summed E-state index contributed by atoms with van der Waals surface area (Å²) in [4.78, 5) is 12.1. The van der Waals surface area contributed by atoms with Crippen molar-refractivity contribution in [2.24, 2.45) is 0 Å². The summed E-state index contributed by atoms with van der Waals surface area (Å²) in [6, 6.07) is 13.2. The predicted molar refractivity (Wildman–Crippen MR) is 84.6 cm³/mol. The molecule has 2 heterocycles. The van der Waals surface area contributed by atoms with Gasteiger partial charge in [-0.25, -0.2) is 4.98 Å². The van der Waals surface area contributed by atoms with Gasteiger partial charge in [-0.3, -0.25) is 4.98 Å². The molecular weight excluding hydrogens is 272 g/mol. The number of H-pyrrole nitrogens is 1. The molecule has 0 fully saturated rings. The molecule has 0 radical (unpaired) electrons. The average molecular weight is 284 g/mol. The van der Waals surface area contributed by atoms with Crippen molar-refractivity contribution in [1.29, 1.82) is 5.26 Å². The summed E-state index contributed by atoms with van der Waals surface area (Å²) >= 11 is 0. The zero-order chi connectivity index (χ0) is 15.5. The van der Waals surface area contributed by atoms with Crippen molar-refractivity contribution >= 4 is 0 Å². The van der Waals surface area contributed by atoms with Crippen LogP contribution in [0.5, 0.6) is 0 Å². The zero-order valence-electron chi connectivity index (χ0n) is 12.0. The summed E-state index contributed by atoms with van der Waals surface area (Å²) in [5.74, 6) is 3.39. The van der Waals surface area contributed by atoms with Crippen LogP contribution in [-0.2, 0) is 0 Å². The third kappa shape index (κ3) is 2.46. The SMILES string of the molecule is C#Cc1ccc(-c2[nH]c(C)nc2-c2cc(C#N)ccn2)cc1. The Morgan fingerprint density at radius 1 is 1.14 bits per heavy atom. The summed E-state index contributed by atoms with van der Waals surface area (Å²) in [5, 5.41) is 9.03. The van der Waals surface area contributed by atoms with Crippen LogP contribution in [0, 0.1) is 30.6 Å². The Kier molecular flexibility index (Phi) is 3.43. The molecule has 1 aromatic carbocycles. The number of hydrogen-bond acceptors (Lipinski definition) is 3. The smallest absolute Gasteiger partial charge is 0.115 e. The van der Waals surface area contributed by atoms with Gasteiger partial charge in [0.2, 0.25) is 0 Å². The normalized spacial score (nSPS) is 9.95. The highest BCUT2D eigenvalue weighted by atomic mass is 14.9. The van der Waals surface area contributed by atoms with Crippen molar-refractivity contribution in [3.8, 4) is 41.1 Å². The molecule has 0 spiro atoms. The lowest BCUT2D eigenvalue weighted by atomic mass is 10.1. The van der Waals surface area contributed by atoms with Gasteiger partial charge in [0.25, 0.3) is 0 Å². The zero-order valence-corrected chi connectivity index (χ0v) is 12.0. The molecule has 2 aromatic heterocycles. The summed E-state index contributed by atoms with van der Waals surface area (Å²) in [7, 11) is 0. The number of nitrogens with one attached hydrogen (secondary N) is 1. The van der Waals surface area contributed by atoms with Crippen LogP contribution >= 0.6 is 0 Å². The number of benzene rings is 1. The van der Waals surface area contributed by atoms with Crippen LogP contribution in [0.3, 0.4) is 0 Å². The number of aromatic amines is 1. The van der Waals surface area contributed by atoms with Gasteiger partial charge < -0.3 is 4.98 Å². The molecular formula is C18H12N4. The van der Waals surface area contributed by atoms with E-state index in [9.17, 15) is 0 Å². The lowest BCUT2D eigenvalue weighted by Gasteiger charge is -2.03. The molecule has 0 saturated heterocycles. The topological polar surface area (TPSA) is 65.4 Å². The fourth-order valence-electron chi connectivity index (χ4n) is 2.25. The third-order valence-electron chi connectivity index (χ3n) is 3.29. The van der Waals surface area contributed by atoms with Crippen LogP contribution in [0.25, 0.3) is 22.6 Å². The first-order valence-corrected chi connectivity index (χ1v) is 6.71. The first-order valence-electron chi connectivity index (χ1n) is 6.71. The summed E-state index contributed by atoms with van der Waals surface area (Å²) in [6.45, 7) is 1.89. The number of terminal acetylenes is 1. The molecule has 1 N–H and O–H groups in total. The number of pyridine rings is 1. The van der Waals surface area contributed by atoms with Crippen molar-refractivity contribution < 1.29 is 0 Å². The highest BCUT2D eigenvalue weighted by Crippen LogP contribution is 2.29. The first kappa shape index (κ1) is 13.6. The van der Waals surface area contributed by atoms with Gasteiger partial charge in [-0.1, -0.05) is 18.1 Å². The Bertz CT molecular complexity index is 905. The van der Waals surface area contributed by atoms with Gasteiger partial charge in [0, 0.05) is 17.3 Å². The molecule has 4 heteroatoms. The van der Waals surface area contributed by atoms with E-state index in [1.54, 1.807) is 18.3 Å². The van der Waals surface area contributed by atoms with Gasteiger partial charge in [0.15, 0.2) is 0 Å². The number of nitriles is 1. The van der Waals surface area contributed by atoms with Crippen LogP contribution in [0.2, 0.25) is 0 Å². The minimum Gasteiger partial charge on any atom is -0.342 e. The van der Waals surface area contributed by atoms with E-state index in [0.29, 0.717) is 11.3 Å². The van der Waals surface area contributed by atoms with Crippen LogP contribution in [0.15, 0.2) is 42.6 Å². The van der Waals surface area contributed by atoms with E-state index in [-0.39, 0.29) is 0 Å². The standard InChI is InChI=1S/C18H12N4/c1-3-13-4-6-15(7-5-13)17-18(22-12(2)21-17)16-10-14(11-19)8-9-20-16/h1,4-10H,2H3,(H,21,22). The second-order valence-electron chi connectivity index (χ2n) is 4.81. The largest absolute Gasteiger partial charge is 0.342 e. The molecule has 0 aliphatic carbocycles. The quantitative estimate of drug-likeness (QED) is 0.734. The Morgan fingerprint density at radius 2 is 1.91 bits per heavy atom. The van der Waals surface area contributed by atoms with Gasteiger partial charge in [0.05, 0.1) is 23.0 Å². The predicted octanol–water partition coefficient (Wildman–Crippen LogP) is 3.30. The molecule has 3 rings (SSSR count). The molecule has 0 atom stereocenters. The van der Waals surface area contributed by atoms with E-state index in [4.69, 9.17) is 11.7 Å². The molecule has 4 nitrogen and oxygen atoms in total. The molecule has 0 aliphatic rings. The Labute approximate surface area is 128 Å². The second kappa shape index (κ2) is 5.55. The fraction of sp³-hybridized carbons (Fsp3) is 0.0556. The summed E-state index contributed by atoms with van der Waals surface area (Å²) in [6.07, 6.45) is 7.00. The van der Waals surface area contributed by atoms with Crippen molar-refractivity contribution in [3.05, 3.63) is 59.5 Å². The number of rotatable bonds is 2. The van der Waals surface area contributed by atoms with Crippen LogP contribution in [0.4, 0.5) is 0 Å². The number of hydrogen-bond donors (Lipinski definition) is 1. The van der Waals surface area contributed by atoms with E-state index in [1.165, 1.54) is 0 Å². The van der Waals surface area contributed by atoms with Gasteiger partial charge >= 0.3 is 0 Å². The first-order chi connectivity index (χ1) is 10.7. The average Bonchev–Trinajstić information content (AvgIpc) is 2.97. The van der Waals surface area contributed by atoms with E-state index < -0.39 is 0 Å². The molecule has 0 amide bonds. The van der Waals surface area contributed by atoms with Crippen LogP contribution in [0.1, 0.15) is 17.0 Å². The van der Waals surface area contributed by atoms with Crippen LogP contribution in [-0.4, -0.2) is 15.0 Å². The maximum absolute atomic E-state index is 9.03. The maximum atomic E-state index is 9.03. The van der Waals surface area contributed by atoms with Crippen molar-refractivity contribution in [3.63, 3.8) is 0 Å². The summed E-state index contributed by atoms with van der Waals surface area (Å²) in [5.41, 5.74) is 4.61. The van der Waals surface area contributed by atoms with Gasteiger partial charge in [-0.2, -0.15) is 5.26 Å². The summed E-state index contributed by atoms with van der Waals surface area (Å²) < 4.78 is 0. The van der Waals surface area contributed by atoms with E-state index in [1.807, 2.05) is 31.2 Å². The number of imidazole rings is 1. The molecule has 3 aromatic rings. The van der Waals surface area contributed by atoms with Crippen molar-refractivity contribution in [1.82, 2.24) is 15.0 Å². The number of nitrogens with zero attached hydrogens (tertiary/aromatic N) is 3. The molecule has 0 bridgehead atoms. The maximum Gasteiger partial charge on any atom is 0.115 e. The highest BCUT2D eigenvalue weighted by Gasteiger charge is 2.14. The molecule has 22 heavy (non-hydrogen) atoms. The molecule has 0 saturated carbocycles. The number of aromatic nitrogens is 3. The van der Waals surface area contributed by atoms with Crippen LogP contribution < -0.4 is 0 Å². The Morgan fingerprint density at radius 3 is 2.59 bits per heavy atom. The van der Waals surface area contributed by atoms with Crippen molar-refractivity contribution in [2.45, 2.75) is 6.92 Å². The van der Waals surface area contributed by atoms with Gasteiger partial charge in [0.1, 0.15) is 11.5 Å². The fourth-order valence-corrected chi connectivity index (χ4v) is 2.25. The van der Waals surface area contributed by atoms with Gasteiger partial charge in [-0.15, -0.1) is 6.42 Å². The monoisotopic (exact) mass is 284 g/mol. The second-order valence-corrected chi connectivity index (χ2v) is 4.81. The lowest BCUT2D eigenvalue weighted by molar-refractivity contribution is 1.15. The van der Waals surface area contributed by atoms with E-state index in [2.05, 4.69) is 26.9 Å². The minimum atomic E-state index is 0.555. The molecule has 104 valence electrons. The lowest BCUT2D eigenvalue weighted by Crippen LogP contribution is -1.89. The number of aryl methyl sites for hydroxylation is 1. The molecule has 0 aliphatic heterocycles. The molecule has 0 unspecified atom stereocenters. The van der Waals surface area contributed by atoms with E-state index >= 15 is 0 Å².